The van der Waals surface area contributed by atoms with Crippen LogP contribution in [0.3, 0.4) is 0 Å². The molecule has 1 aliphatic rings. The molecule has 0 aliphatic heterocycles. The Bertz CT molecular complexity index is 111. The number of hydrogen-bond acceptors (Lipinski definition) is 0. The molecule has 1 rings (SSSR count). The first-order valence-corrected chi connectivity index (χ1v) is 5.74. The lowest BCUT2D eigenvalue weighted by atomic mass is 9.86. The monoisotopic (exact) mass is 168 g/mol. The lowest BCUT2D eigenvalue weighted by Gasteiger charge is -2.20. The standard InChI is InChI=1S/C12H24/c1-4-5-6-12(10(2)3)9-11-7-8-11/h10-12H,4-9H2,1-3H3. The van der Waals surface area contributed by atoms with Crippen LogP contribution in [0, 0.1) is 17.8 Å². The van der Waals surface area contributed by atoms with Crippen LogP contribution in [0.25, 0.3) is 0 Å². The van der Waals surface area contributed by atoms with E-state index in [9.17, 15) is 0 Å². The maximum Gasteiger partial charge on any atom is -0.0388 e. The van der Waals surface area contributed by atoms with Crippen LogP contribution in [0.15, 0.2) is 0 Å². The molecule has 0 saturated heterocycles. The van der Waals surface area contributed by atoms with Crippen LogP contribution >= 0.6 is 0 Å². The van der Waals surface area contributed by atoms with Gasteiger partial charge in [-0.2, -0.15) is 0 Å². The first-order chi connectivity index (χ1) is 5.74. The first-order valence-electron chi connectivity index (χ1n) is 5.74. The first kappa shape index (κ1) is 10.1. The number of rotatable bonds is 6. The molecule has 1 saturated carbocycles. The molecule has 1 atom stereocenters. The van der Waals surface area contributed by atoms with Gasteiger partial charge in [-0.3, -0.25) is 0 Å². The third-order valence-corrected chi connectivity index (χ3v) is 3.20. The molecule has 0 N–H and O–H groups in total. The summed E-state index contributed by atoms with van der Waals surface area (Å²) >= 11 is 0. The summed E-state index contributed by atoms with van der Waals surface area (Å²) < 4.78 is 0. The third kappa shape index (κ3) is 3.60. The molecule has 0 bridgehead atoms. The summed E-state index contributed by atoms with van der Waals surface area (Å²) in [7, 11) is 0. The summed E-state index contributed by atoms with van der Waals surface area (Å²) in [4.78, 5) is 0. The zero-order valence-corrected chi connectivity index (χ0v) is 8.97. The smallest absolute Gasteiger partial charge is 0.0388 e. The lowest BCUT2D eigenvalue weighted by Crippen LogP contribution is -2.09. The molecule has 0 aromatic rings. The van der Waals surface area contributed by atoms with Crippen molar-refractivity contribution >= 4 is 0 Å². The van der Waals surface area contributed by atoms with Gasteiger partial charge in [0.25, 0.3) is 0 Å². The van der Waals surface area contributed by atoms with Gasteiger partial charge in [0.1, 0.15) is 0 Å². The highest BCUT2D eigenvalue weighted by atomic mass is 14.3. The van der Waals surface area contributed by atoms with E-state index in [0.717, 1.165) is 17.8 Å². The van der Waals surface area contributed by atoms with E-state index in [2.05, 4.69) is 20.8 Å². The largest absolute Gasteiger partial charge is 0.0654 e. The van der Waals surface area contributed by atoms with E-state index in [0.29, 0.717) is 0 Å². The Kier molecular flexibility index (Phi) is 4.11. The van der Waals surface area contributed by atoms with Gasteiger partial charge in [0.2, 0.25) is 0 Å². The Balaban J connectivity index is 2.16. The molecule has 0 amide bonds. The van der Waals surface area contributed by atoms with Crippen molar-refractivity contribution in [3.05, 3.63) is 0 Å². The van der Waals surface area contributed by atoms with Gasteiger partial charge in [-0.25, -0.2) is 0 Å². The Morgan fingerprint density at radius 1 is 1.25 bits per heavy atom. The van der Waals surface area contributed by atoms with Crippen molar-refractivity contribution in [2.75, 3.05) is 0 Å². The van der Waals surface area contributed by atoms with Gasteiger partial charge in [0.15, 0.2) is 0 Å². The SMILES string of the molecule is CCCCC(CC1CC1)C(C)C. The second kappa shape index (κ2) is 4.89. The molecule has 1 fully saturated rings. The van der Waals surface area contributed by atoms with E-state index in [-0.39, 0.29) is 0 Å². The molecule has 0 spiro atoms. The van der Waals surface area contributed by atoms with E-state index in [1.165, 1.54) is 38.5 Å². The van der Waals surface area contributed by atoms with Gasteiger partial charge in [-0.05, 0) is 24.2 Å². The number of hydrogen-bond donors (Lipinski definition) is 0. The Labute approximate surface area is 77.7 Å². The fourth-order valence-electron chi connectivity index (χ4n) is 1.97. The molecule has 72 valence electrons. The van der Waals surface area contributed by atoms with E-state index in [1.54, 1.807) is 0 Å². The van der Waals surface area contributed by atoms with Gasteiger partial charge >= 0.3 is 0 Å². The van der Waals surface area contributed by atoms with E-state index in [4.69, 9.17) is 0 Å². The van der Waals surface area contributed by atoms with Crippen LogP contribution in [0.2, 0.25) is 0 Å². The van der Waals surface area contributed by atoms with Crippen molar-refractivity contribution in [2.24, 2.45) is 17.8 Å². The van der Waals surface area contributed by atoms with Gasteiger partial charge < -0.3 is 0 Å². The summed E-state index contributed by atoms with van der Waals surface area (Å²) in [6.45, 7) is 7.08. The minimum absolute atomic E-state index is 0.914. The molecule has 0 nitrogen and oxygen atoms in total. The molecular formula is C12H24. The van der Waals surface area contributed by atoms with Crippen LogP contribution in [-0.2, 0) is 0 Å². The molecule has 12 heavy (non-hydrogen) atoms. The third-order valence-electron chi connectivity index (χ3n) is 3.20. The minimum Gasteiger partial charge on any atom is -0.0654 e. The average molecular weight is 168 g/mol. The zero-order valence-electron chi connectivity index (χ0n) is 8.97. The fraction of sp³-hybridized carbons (Fsp3) is 1.00. The van der Waals surface area contributed by atoms with Crippen LogP contribution in [-0.4, -0.2) is 0 Å². The van der Waals surface area contributed by atoms with Crippen molar-refractivity contribution in [1.29, 1.82) is 0 Å². The van der Waals surface area contributed by atoms with Crippen LogP contribution in [0.4, 0.5) is 0 Å². The van der Waals surface area contributed by atoms with Crippen molar-refractivity contribution in [3.63, 3.8) is 0 Å². The average Bonchev–Trinajstić information content (AvgIpc) is 2.80. The van der Waals surface area contributed by atoms with Crippen LogP contribution in [0.5, 0.6) is 0 Å². The van der Waals surface area contributed by atoms with Crippen molar-refractivity contribution in [2.45, 2.75) is 59.3 Å². The molecule has 0 aromatic carbocycles. The quantitative estimate of drug-likeness (QED) is 0.556. The van der Waals surface area contributed by atoms with Crippen LogP contribution in [0.1, 0.15) is 59.3 Å². The van der Waals surface area contributed by atoms with Crippen molar-refractivity contribution in [3.8, 4) is 0 Å². The zero-order chi connectivity index (χ0) is 8.97. The topological polar surface area (TPSA) is 0 Å². The maximum atomic E-state index is 2.39. The fourth-order valence-corrected chi connectivity index (χ4v) is 1.97. The highest BCUT2D eigenvalue weighted by Crippen LogP contribution is 2.38. The van der Waals surface area contributed by atoms with Gasteiger partial charge in [-0.15, -0.1) is 0 Å². The van der Waals surface area contributed by atoms with Gasteiger partial charge in [0, 0.05) is 0 Å². The highest BCUT2D eigenvalue weighted by molar-refractivity contribution is 4.78. The van der Waals surface area contributed by atoms with E-state index < -0.39 is 0 Å². The van der Waals surface area contributed by atoms with Crippen LogP contribution < -0.4 is 0 Å². The second-order valence-electron chi connectivity index (χ2n) is 4.83. The number of unbranched alkanes of at least 4 members (excludes halogenated alkanes) is 1. The molecule has 0 radical (unpaired) electrons. The normalized spacial score (nSPS) is 20.0. The Morgan fingerprint density at radius 2 is 1.92 bits per heavy atom. The Hall–Kier alpha value is 0. The summed E-state index contributed by atoms with van der Waals surface area (Å²) in [5.41, 5.74) is 0. The molecule has 0 aromatic heterocycles. The second-order valence-corrected chi connectivity index (χ2v) is 4.83. The highest BCUT2D eigenvalue weighted by Gasteiger charge is 2.26. The minimum atomic E-state index is 0.914. The summed E-state index contributed by atoms with van der Waals surface area (Å²) in [6.07, 6.45) is 8.86. The Morgan fingerprint density at radius 3 is 2.33 bits per heavy atom. The van der Waals surface area contributed by atoms with E-state index >= 15 is 0 Å². The van der Waals surface area contributed by atoms with Crippen molar-refractivity contribution < 1.29 is 0 Å². The van der Waals surface area contributed by atoms with Gasteiger partial charge in [-0.1, -0.05) is 52.9 Å². The van der Waals surface area contributed by atoms with Crippen molar-refractivity contribution in [1.82, 2.24) is 0 Å². The maximum absolute atomic E-state index is 2.39. The molecule has 0 heterocycles. The summed E-state index contributed by atoms with van der Waals surface area (Å²) in [5, 5.41) is 0. The van der Waals surface area contributed by atoms with Gasteiger partial charge in [0.05, 0.1) is 0 Å². The molecule has 0 heteroatoms. The summed E-state index contributed by atoms with van der Waals surface area (Å²) in [6, 6.07) is 0. The predicted octanol–water partition coefficient (Wildman–Crippen LogP) is 4.25. The summed E-state index contributed by atoms with van der Waals surface area (Å²) in [5.74, 6) is 3.06. The molecule has 1 aliphatic carbocycles. The molecular weight excluding hydrogens is 144 g/mol. The lowest BCUT2D eigenvalue weighted by molar-refractivity contribution is 0.313. The predicted molar refractivity (Wildman–Crippen MR) is 55.2 cm³/mol. The van der Waals surface area contributed by atoms with E-state index in [1.807, 2.05) is 0 Å². The molecule has 1 unspecified atom stereocenters.